The predicted octanol–water partition coefficient (Wildman–Crippen LogP) is 3.26. The van der Waals surface area contributed by atoms with Crippen molar-refractivity contribution in [1.29, 1.82) is 0 Å². The number of pyridine rings is 1. The van der Waals surface area contributed by atoms with Gasteiger partial charge < -0.3 is 5.32 Å². The fraction of sp³-hybridized carbons (Fsp3) is 0.214. The van der Waals surface area contributed by atoms with E-state index < -0.39 is 0 Å². The standard InChI is InChI=1S/C14H14N4S/c1-2-13-17-18-14(19-13)16-9-10-7-8-15-12-6-4-3-5-11(10)12/h3-8H,2,9H2,1H3,(H,16,18). The Morgan fingerprint density at radius 2 is 2.05 bits per heavy atom. The van der Waals surface area contributed by atoms with Crippen molar-refractivity contribution in [2.24, 2.45) is 0 Å². The van der Waals surface area contributed by atoms with Crippen LogP contribution in [0.5, 0.6) is 0 Å². The van der Waals surface area contributed by atoms with Gasteiger partial charge in [0.2, 0.25) is 5.13 Å². The van der Waals surface area contributed by atoms with Gasteiger partial charge in [0, 0.05) is 18.1 Å². The van der Waals surface area contributed by atoms with Crippen LogP contribution in [0, 0.1) is 0 Å². The van der Waals surface area contributed by atoms with Crippen LogP contribution in [0.25, 0.3) is 10.9 Å². The topological polar surface area (TPSA) is 50.7 Å². The molecular weight excluding hydrogens is 256 g/mol. The number of benzene rings is 1. The Hall–Kier alpha value is -2.01. The second-order valence-corrected chi connectivity index (χ2v) is 5.26. The first kappa shape index (κ1) is 12.0. The maximum Gasteiger partial charge on any atom is 0.205 e. The van der Waals surface area contributed by atoms with Gasteiger partial charge in [0.15, 0.2) is 0 Å². The minimum Gasteiger partial charge on any atom is -0.356 e. The zero-order valence-electron chi connectivity index (χ0n) is 10.6. The first-order valence-electron chi connectivity index (χ1n) is 6.25. The number of nitrogens with one attached hydrogen (secondary N) is 1. The molecule has 3 rings (SSSR count). The van der Waals surface area contributed by atoms with Crippen LogP contribution in [0.4, 0.5) is 5.13 Å². The van der Waals surface area contributed by atoms with Crippen molar-refractivity contribution in [3.8, 4) is 0 Å². The Morgan fingerprint density at radius 1 is 1.16 bits per heavy atom. The van der Waals surface area contributed by atoms with Gasteiger partial charge in [0.1, 0.15) is 5.01 Å². The van der Waals surface area contributed by atoms with Gasteiger partial charge in [-0.1, -0.05) is 36.5 Å². The van der Waals surface area contributed by atoms with Crippen molar-refractivity contribution in [1.82, 2.24) is 15.2 Å². The number of hydrogen-bond acceptors (Lipinski definition) is 5. The number of anilines is 1. The van der Waals surface area contributed by atoms with Crippen LogP contribution in [-0.4, -0.2) is 15.2 Å². The highest BCUT2D eigenvalue weighted by molar-refractivity contribution is 7.15. The summed E-state index contributed by atoms with van der Waals surface area (Å²) in [6, 6.07) is 10.2. The monoisotopic (exact) mass is 270 g/mol. The van der Waals surface area contributed by atoms with E-state index in [1.807, 2.05) is 30.5 Å². The second-order valence-electron chi connectivity index (χ2n) is 4.20. The lowest BCUT2D eigenvalue weighted by Crippen LogP contribution is -2.00. The van der Waals surface area contributed by atoms with E-state index in [1.165, 1.54) is 10.9 Å². The SMILES string of the molecule is CCc1nnc(NCc2ccnc3ccccc23)s1. The molecule has 4 nitrogen and oxygen atoms in total. The second kappa shape index (κ2) is 5.32. The van der Waals surface area contributed by atoms with Gasteiger partial charge >= 0.3 is 0 Å². The predicted molar refractivity (Wildman–Crippen MR) is 78.4 cm³/mol. The van der Waals surface area contributed by atoms with Gasteiger partial charge in [-0.3, -0.25) is 4.98 Å². The Kier molecular flexibility index (Phi) is 3.37. The van der Waals surface area contributed by atoms with Crippen molar-refractivity contribution in [2.75, 3.05) is 5.32 Å². The highest BCUT2D eigenvalue weighted by atomic mass is 32.1. The van der Waals surface area contributed by atoms with Crippen LogP contribution in [0.3, 0.4) is 0 Å². The Labute approximate surface area is 115 Å². The maximum absolute atomic E-state index is 4.36. The van der Waals surface area contributed by atoms with Gasteiger partial charge in [-0.15, -0.1) is 10.2 Å². The number of nitrogens with zero attached hydrogens (tertiary/aromatic N) is 3. The Morgan fingerprint density at radius 3 is 2.89 bits per heavy atom. The molecule has 5 heteroatoms. The Bertz CT molecular complexity index is 687. The summed E-state index contributed by atoms with van der Waals surface area (Å²) in [5.74, 6) is 0. The minimum absolute atomic E-state index is 0.737. The van der Waals surface area contributed by atoms with Crippen molar-refractivity contribution >= 4 is 27.4 Å². The molecule has 0 spiro atoms. The van der Waals surface area contributed by atoms with E-state index in [0.29, 0.717) is 0 Å². The molecule has 3 aromatic rings. The van der Waals surface area contributed by atoms with E-state index in [0.717, 1.165) is 28.6 Å². The zero-order valence-corrected chi connectivity index (χ0v) is 11.4. The summed E-state index contributed by atoms with van der Waals surface area (Å²) in [5.41, 5.74) is 2.24. The minimum atomic E-state index is 0.737. The van der Waals surface area contributed by atoms with Gasteiger partial charge in [0.05, 0.1) is 5.52 Å². The number of aryl methyl sites for hydroxylation is 1. The first-order chi connectivity index (χ1) is 9.36. The fourth-order valence-electron chi connectivity index (χ4n) is 1.95. The molecule has 0 aliphatic rings. The van der Waals surface area contributed by atoms with E-state index in [-0.39, 0.29) is 0 Å². The highest BCUT2D eigenvalue weighted by Gasteiger charge is 2.04. The van der Waals surface area contributed by atoms with E-state index >= 15 is 0 Å². The van der Waals surface area contributed by atoms with Crippen LogP contribution < -0.4 is 5.32 Å². The van der Waals surface area contributed by atoms with Crippen molar-refractivity contribution in [3.05, 3.63) is 47.1 Å². The van der Waals surface area contributed by atoms with E-state index in [2.05, 4.69) is 33.5 Å². The molecule has 1 N–H and O–H groups in total. The summed E-state index contributed by atoms with van der Waals surface area (Å²) in [4.78, 5) is 4.36. The van der Waals surface area contributed by atoms with Crippen LogP contribution in [0.1, 0.15) is 17.5 Å². The van der Waals surface area contributed by atoms with Crippen LogP contribution in [0.2, 0.25) is 0 Å². The number of fused-ring (bicyclic) bond motifs is 1. The molecule has 0 unspecified atom stereocenters. The summed E-state index contributed by atoms with van der Waals surface area (Å²) in [6.45, 7) is 2.82. The molecule has 0 atom stereocenters. The van der Waals surface area contributed by atoms with E-state index in [9.17, 15) is 0 Å². The quantitative estimate of drug-likeness (QED) is 0.790. The van der Waals surface area contributed by atoms with Crippen LogP contribution in [0.15, 0.2) is 36.5 Å². The molecule has 0 amide bonds. The van der Waals surface area contributed by atoms with Crippen LogP contribution >= 0.6 is 11.3 Å². The fourth-order valence-corrected chi connectivity index (χ4v) is 2.62. The molecule has 1 aromatic carbocycles. The lowest BCUT2D eigenvalue weighted by atomic mass is 10.1. The van der Waals surface area contributed by atoms with E-state index in [4.69, 9.17) is 0 Å². The normalized spacial score (nSPS) is 10.8. The lowest BCUT2D eigenvalue weighted by Gasteiger charge is -2.06. The third-order valence-electron chi connectivity index (χ3n) is 2.94. The molecule has 0 bridgehead atoms. The summed E-state index contributed by atoms with van der Waals surface area (Å²) >= 11 is 1.61. The number of para-hydroxylation sites is 1. The largest absolute Gasteiger partial charge is 0.356 e. The third-order valence-corrected chi connectivity index (χ3v) is 3.96. The highest BCUT2D eigenvalue weighted by Crippen LogP contribution is 2.19. The average molecular weight is 270 g/mol. The molecular formula is C14H14N4S. The Balaban J connectivity index is 1.81. The summed E-state index contributed by atoms with van der Waals surface area (Å²) in [6.07, 6.45) is 2.77. The molecule has 0 saturated carbocycles. The average Bonchev–Trinajstić information content (AvgIpc) is 2.93. The lowest BCUT2D eigenvalue weighted by molar-refractivity contribution is 0.976. The molecule has 2 aromatic heterocycles. The summed E-state index contributed by atoms with van der Waals surface area (Å²) in [7, 11) is 0. The third kappa shape index (κ3) is 2.56. The van der Waals surface area contributed by atoms with E-state index in [1.54, 1.807) is 11.3 Å². The molecule has 0 radical (unpaired) electrons. The first-order valence-corrected chi connectivity index (χ1v) is 7.07. The summed E-state index contributed by atoms with van der Waals surface area (Å²) in [5, 5.41) is 14.7. The van der Waals surface area contributed by atoms with Gasteiger partial charge in [-0.05, 0) is 24.1 Å². The number of rotatable bonds is 4. The zero-order chi connectivity index (χ0) is 13.1. The molecule has 0 fully saturated rings. The van der Waals surface area contributed by atoms with Crippen molar-refractivity contribution < 1.29 is 0 Å². The number of aromatic nitrogens is 3. The smallest absolute Gasteiger partial charge is 0.205 e. The van der Waals surface area contributed by atoms with Crippen molar-refractivity contribution in [2.45, 2.75) is 19.9 Å². The van der Waals surface area contributed by atoms with Crippen LogP contribution in [-0.2, 0) is 13.0 Å². The van der Waals surface area contributed by atoms with Gasteiger partial charge in [-0.2, -0.15) is 0 Å². The number of hydrogen-bond donors (Lipinski definition) is 1. The molecule has 0 aliphatic heterocycles. The van der Waals surface area contributed by atoms with Gasteiger partial charge in [-0.25, -0.2) is 0 Å². The van der Waals surface area contributed by atoms with Gasteiger partial charge in [0.25, 0.3) is 0 Å². The van der Waals surface area contributed by atoms with Crippen molar-refractivity contribution in [3.63, 3.8) is 0 Å². The molecule has 19 heavy (non-hydrogen) atoms. The molecule has 0 saturated heterocycles. The summed E-state index contributed by atoms with van der Waals surface area (Å²) < 4.78 is 0. The molecule has 96 valence electrons. The molecule has 2 heterocycles. The maximum atomic E-state index is 4.36. The molecule has 0 aliphatic carbocycles.